The minimum Gasteiger partial charge on any atom is -0.463 e. The van der Waals surface area contributed by atoms with E-state index >= 15 is 4.39 Å². The summed E-state index contributed by atoms with van der Waals surface area (Å²) in [6, 6.07) is 9.63. The van der Waals surface area contributed by atoms with Crippen LogP contribution >= 0.6 is 15.9 Å². The number of pyridine rings is 1. The molecule has 2 atom stereocenters. The van der Waals surface area contributed by atoms with Gasteiger partial charge in [0.05, 0.1) is 23.2 Å². The highest BCUT2D eigenvalue weighted by Gasteiger charge is 2.46. The SMILES string of the molecule is CC(C)(C)OC(=O)N1C2CCC1CN(c1nc(OCC3(Cc4ccccn4)CC3)nc3c(F)c(Br)ccc13)C2. The number of anilines is 1. The maximum atomic E-state index is 15.3. The molecule has 0 radical (unpaired) electrons. The molecule has 3 aliphatic rings. The van der Waals surface area contributed by atoms with Gasteiger partial charge in [-0.2, -0.15) is 9.97 Å². The molecule has 206 valence electrons. The van der Waals surface area contributed by atoms with Gasteiger partial charge in [0.1, 0.15) is 16.9 Å². The van der Waals surface area contributed by atoms with Crippen LogP contribution in [0, 0.1) is 11.2 Å². The molecule has 2 bridgehead atoms. The average Bonchev–Trinajstić information content (AvgIpc) is 3.60. The number of benzene rings is 1. The zero-order valence-electron chi connectivity index (χ0n) is 22.5. The smallest absolute Gasteiger partial charge is 0.410 e. The van der Waals surface area contributed by atoms with E-state index in [0.29, 0.717) is 35.4 Å². The van der Waals surface area contributed by atoms with Crippen LogP contribution in [0.3, 0.4) is 0 Å². The Labute approximate surface area is 236 Å². The number of ether oxygens (including phenoxy) is 2. The molecular weight excluding hydrogens is 565 g/mol. The maximum Gasteiger partial charge on any atom is 0.410 e. The molecule has 2 aromatic heterocycles. The second-order valence-electron chi connectivity index (χ2n) is 12.1. The summed E-state index contributed by atoms with van der Waals surface area (Å²) in [5.41, 5.74) is 0.706. The number of piperazine rings is 1. The Balaban J connectivity index is 1.26. The first-order chi connectivity index (χ1) is 18.6. The van der Waals surface area contributed by atoms with Gasteiger partial charge >= 0.3 is 12.1 Å². The number of rotatable bonds is 6. The molecular formula is C29H33BrFN5O3. The third-order valence-electron chi connectivity index (χ3n) is 7.85. The van der Waals surface area contributed by atoms with Gasteiger partial charge in [-0.15, -0.1) is 0 Å². The molecule has 1 saturated carbocycles. The van der Waals surface area contributed by atoms with Crippen LogP contribution in [0.25, 0.3) is 10.9 Å². The third-order valence-corrected chi connectivity index (χ3v) is 8.46. The highest BCUT2D eigenvalue weighted by atomic mass is 79.9. The van der Waals surface area contributed by atoms with Crippen LogP contribution in [0.1, 0.15) is 52.1 Å². The van der Waals surface area contributed by atoms with Crippen molar-refractivity contribution in [3.8, 4) is 6.01 Å². The molecule has 4 heterocycles. The second kappa shape index (κ2) is 9.87. The van der Waals surface area contributed by atoms with Gasteiger partial charge < -0.3 is 14.4 Å². The fraction of sp³-hybridized carbons (Fsp3) is 0.517. The van der Waals surface area contributed by atoms with Crippen LogP contribution in [-0.4, -0.2) is 63.3 Å². The van der Waals surface area contributed by atoms with Gasteiger partial charge in [-0.25, -0.2) is 9.18 Å². The highest BCUT2D eigenvalue weighted by Crippen LogP contribution is 2.48. The average molecular weight is 599 g/mol. The predicted molar refractivity (Wildman–Crippen MR) is 149 cm³/mol. The zero-order valence-corrected chi connectivity index (χ0v) is 24.1. The number of hydrogen-bond acceptors (Lipinski definition) is 7. The first-order valence-corrected chi connectivity index (χ1v) is 14.3. The fourth-order valence-corrected chi connectivity index (χ4v) is 6.07. The van der Waals surface area contributed by atoms with E-state index in [-0.39, 0.29) is 35.1 Å². The lowest BCUT2D eigenvalue weighted by molar-refractivity contribution is 0.0123. The number of halogens is 2. The zero-order chi connectivity index (χ0) is 27.4. The summed E-state index contributed by atoms with van der Waals surface area (Å²) >= 11 is 3.30. The molecule has 1 aliphatic carbocycles. The summed E-state index contributed by atoms with van der Waals surface area (Å²) in [4.78, 5) is 30.8. The van der Waals surface area contributed by atoms with E-state index < -0.39 is 11.4 Å². The summed E-state index contributed by atoms with van der Waals surface area (Å²) in [6.07, 6.45) is 6.22. The molecule has 0 spiro atoms. The molecule has 0 N–H and O–H groups in total. The number of nitrogens with zero attached hydrogens (tertiary/aromatic N) is 5. The molecule has 2 aliphatic heterocycles. The van der Waals surface area contributed by atoms with Crippen molar-refractivity contribution in [3.63, 3.8) is 0 Å². The van der Waals surface area contributed by atoms with Crippen molar-refractivity contribution in [1.82, 2.24) is 19.9 Å². The van der Waals surface area contributed by atoms with Crippen molar-refractivity contribution in [3.05, 3.63) is 52.5 Å². The molecule has 1 amide bonds. The Morgan fingerprint density at radius 3 is 2.51 bits per heavy atom. The van der Waals surface area contributed by atoms with E-state index in [1.165, 1.54) is 0 Å². The molecule has 39 heavy (non-hydrogen) atoms. The van der Waals surface area contributed by atoms with Crippen molar-refractivity contribution in [2.24, 2.45) is 5.41 Å². The Kier molecular flexibility index (Phi) is 6.64. The summed E-state index contributed by atoms with van der Waals surface area (Å²) in [5.74, 6) is 0.197. The van der Waals surface area contributed by atoms with E-state index in [9.17, 15) is 4.79 Å². The summed E-state index contributed by atoms with van der Waals surface area (Å²) in [5, 5.41) is 0.628. The topological polar surface area (TPSA) is 80.7 Å². The Bertz CT molecular complexity index is 1380. The normalized spacial score (nSPS) is 21.8. The molecule has 1 aromatic carbocycles. The monoisotopic (exact) mass is 597 g/mol. The molecule has 8 nitrogen and oxygen atoms in total. The lowest BCUT2D eigenvalue weighted by Gasteiger charge is -2.42. The van der Waals surface area contributed by atoms with Gasteiger partial charge in [0.25, 0.3) is 0 Å². The van der Waals surface area contributed by atoms with Crippen molar-refractivity contribution < 1.29 is 18.7 Å². The number of carbonyl (C=O) groups excluding carboxylic acids is 1. The number of aromatic nitrogens is 3. The molecule has 6 rings (SSSR count). The summed E-state index contributed by atoms with van der Waals surface area (Å²) < 4.78 is 27.5. The Morgan fingerprint density at radius 1 is 1.13 bits per heavy atom. The van der Waals surface area contributed by atoms with Crippen molar-refractivity contribution >= 4 is 38.7 Å². The number of amides is 1. The lowest BCUT2D eigenvalue weighted by Crippen LogP contribution is -2.57. The van der Waals surface area contributed by atoms with Crippen LogP contribution in [0.2, 0.25) is 0 Å². The number of hydrogen-bond donors (Lipinski definition) is 0. The van der Waals surface area contributed by atoms with Crippen LogP contribution in [-0.2, 0) is 11.2 Å². The van der Waals surface area contributed by atoms with Crippen LogP contribution in [0.4, 0.5) is 15.0 Å². The van der Waals surface area contributed by atoms with Gasteiger partial charge in [0.2, 0.25) is 0 Å². The summed E-state index contributed by atoms with van der Waals surface area (Å²) in [7, 11) is 0. The van der Waals surface area contributed by atoms with Crippen LogP contribution < -0.4 is 9.64 Å². The van der Waals surface area contributed by atoms with Crippen molar-refractivity contribution in [1.29, 1.82) is 0 Å². The van der Waals surface area contributed by atoms with Crippen molar-refractivity contribution in [2.45, 2.75) is 70.6 Å². The lowest BCUT2D eigenvalue weighted by atomic mass is 10.0. The minimum atomic E-state index is -0.552. The first kappa shape index (κ1) is 26.2. The Morgan fingerprint density at radius 2 is 1.87 bits per heavy atom. The maximum absolute atomic E-state index is 15.3. The Hall–Kier alpha value is -3.01. The van der Waals surface area contributed by atoms with Crippen LogP contribution in [0.15, 0.2) is 41.0 Å². The first-order valence-electron chi connectivity index (χ1n) is 13.6. The van der Waals surface area contributed by atoms with E-state index in [4.69, 9.17) is 14.5 Å². The molecule has 2 saturated heterocycles. The number of fused-ring (bicyclic) bond motifs is 3. The second-order valence-corrected chi connectivity index (χ2v) is 12.9. The fourth-order valence-electron chi connectivity index (χ4n) is 5.75. The predicted octanol–water partition coefficient (Wildman–Crippen LogP) is 5.92. The standard InChI is InChI=1S/C29H33BrFN5O3/c1-28(2,3)39-27(37)36-19-7-8-20(36)16-35(15-19)25-21-9-10-22(30)23(31)24(21)33-26(34-25)38-17-29(11-12-29)14-18-6-4-5-13-32-18/h4-6,9-10,13,19-20H,7-8,11-12,14-17H2,1-3H3. The highest BCUT2D eigenvalue weighted by molar-refractivity contribution is 9.10. The number of carbonyl (C=O) groups is 1. The summed E-state index contributed by atoms with van der Waals surface area (Å²) in [6.45, 7) is 7.26. The van der Waals surface area contributed by atoms with Crippen molar-refractivity contribution in [2.75, 3.05) is 24.6 Å². The van der Waals surface area contributed by atoms with E-state index in [2.05, 4.69) is 30.8 Å². The largest absolute Gasteiger partial charge is 0.463 e. The van der Waals surface area contributed by atoms with Gasteiger partial charge in [0.15, 0.2) is 5.82 Å². The molecule has 3 fully saturated rings. The van der Waals surface area contributed by atoms with Gasteiger partial charge in [0, 0.05) is 35.8 Å². The van der Waals surface area contributed by atoms with E-state index in [0.717, 1.165) is 37.8 Å². The molecule has 10 heteroatoms. The van der Waals surface area contributed by atoms with E-state index in [1.807, 2.05) is 49.9 Å². The molecule has 2 unspecified atom stereocenters. The van der Waals surface area contributed by atoms with Gasteiger partial charge in [-0.1, -0.05) is 6.07 Å². The van der Waals surface area contributed by atoms with Gasteiger partial charge in [-0.05, 0) is 93.1 Å². The quantitative estimate of drug-likeness (QED) is 0.349. The van der Waals surface area contributed by atoms with Gasteiger partial charge in [-0.3, -0.25) is 9.88 Å². The third kappa shape index (κ3) is 5.40. The van der Waals surface area contributed by atoms with E-state index in [1.54, 1.807) is 12.3 Å². The minimum absolute atomic E-state index is 0.000793. The van der Waals surface area contributed by atoms with Crippen LogP contribution in [0.5, 0.6) is 6.01 Å². The molecule has 3 aromatic rings.